The molecule has 9 heteroatoms. The zero-order valence-corrected chi connectivity index (χ0v) is 20.4. The molecule has 0 bridgehead atoms. The molecule has 1 aromatic heterocycles. The molecule has 0 radical (unpaired) electrons. The van der Waals surface area contributed by atoms with Gasteiger partial charge in [-0.2, -0.15) is 0 Å². The monoisotopic (exact) mass is 493 g/mol. The molecule has 1 atom stereocenters. The summed E-state index contributed by atoms with van der Waals surface area (Å²) in [4.78, 5) is 41.9. The number of aliphatic carboxylic acids is 1. The maximum absolute atomic E-state index is 12.8. The predicted octanol–water partition coefficient (Wildman–Crippen LogP) is 4.51. The topological polar surface area (TPSA) is 109 Å². The van der Waals surface area contributed by atoms with Crippen LogP contribution in [0.2, 0.25) is 0 Å². The summed E-state index contributed by atoms with van der Waals surface area (Å²) in [6.07, 6.45) is 0.0568. The molecule has 1 heterocycles. The van der Waals surface area contributed by atoms with Gasteiger partial charge >= 0.3 is 12.1 Å². The number of rotatable bonds is 9. The molecule has 2 aromatic carbocycles. The van der Waals surface area contributed by atoms with E-state index in [1.165, 1.54) is 16.2 Å². The van der Waals surface area contributed by atoms with Crippen LogP contribution in [0.1, 0.15) is 52.8 Å². The van der Waals surface area contributed by atoms with Gasteiger partial charge in [0.15, 0.2) is 0 Å². The third kappa shape index (κ3) is 5.35. The maximum Gasteiger partial charge on any atom is 0.407 e. The van der Waals surface area contributed by atoms with E-state index in [2.05, 4.69) is 34.6 Å². The number of carbonyl (C=O) groups is 3. The lowest BCUT2D eigenvalue weighted by atomic mass is 9.98. The Hall–Kier alpha value is -3.72. The third-order valence-corrected chi connectivity index (χ3v) is 7.04. The molecule has 35 heavy (non-hydrogen) atoms. The second-order valence-electron chi connectivity index (χ2n) is 8.39. The number of thiazole rings is 1. The summed E-state index contributed by atoms with van der Waals surface area (Å²) in [5.41, 5.74) is 4.76. The first kappa shape index (κ1) is 24.4. The summed E-state index contributed by atoms with van der Waals surface area (Å²) in [6.45, 7) is 3.61. The number of carboxylic acids is 1. The fourth-order valence-corrected chi connectivity index (χ4v) is 4.94. The van der Waals surface area contributed by atoms with Crippen LogP contribution in [0.5, 0.6) is 0 Å². The number of alkyl carbamates (subject to hydrolysis) is 1. The summed E-state index contributed by atoms with van der Waals surface area (Å²) in [5.74, 6) is -1.55. The summed E-state index contributed by atoms with van der Waals surface area (Å²) >= 11 is 1.22. The van der Waals surface area contributed by atoms with Crippen LogP contribution in [0.3, 0.4) is 0 Å². The van der Waals surface area contributed by atoms with Gasteiger partial charge in [-0.25, -0.2) is 9.78 Å². The van der Waals surface area contributed by atoms with Crippen molar-refractivity contribution in [1.82, 2.24) is 15.2 Å². The highest BCUT2D eigenvalue weighted by Gasteiger charge is 2.29. The van der Waals surface area contributed by atoms with Gasteiger partial charge in [-0.15, -0.1) is 11.3 Å². The lowest BCUT2D eigenvalue weighted by Gasteiger charge is -2.26. The SMILES string of the molecule is CCC(C)N(CC(=O)O)C(=O)c1csc(CNC(=O)OCC2c3ccccc3-c3ccccc32)n1. The number of hydrogen-bond donors (Lipinski definition) is 2. The van der Waals surface area contributed by atoms with Crippen LogP contribution >= 0.6 is 11.3 Å². The van der Waals surface area contributed by atoms with Gasteiger partial charge in [0, 0.05) is 17.3 Å². The summed E-state index contributed by atoms with van der Waals surface area (Å²) < 4.78 is 5.53. The molecule has 182 valence electrons. The minimum Gasteiger partial charge on any atom is -0.480 e. The largest absolute Gasteiger partial charge is 0.480 e. The number of carbonyl (C=O) groups excluding carboxylic acids is 2. The molecule has 3 aromatic rings. The van der Waals surface area contributed by atoms with Gasteiger partial charge in [-0.05, 0) is 35.6 Å². The van der Waals surface area contributed by atoms with Crippen LogP contribution in [0.4, 0.5) is 4.79 Å². The number of hydrogen-bond acceptors (Lipinski definition) is 6. The molecule has 0 saturated carbocycles. The number of nitrogens with one attached hydrogen (secondary N) is 1. The van der Waals surface area contributed by atoms with E-state index < -0.39 is 24.5 Å². The first-order valence-electron chi connectivity index (χ1n) is 11.4. The number of carboxylic acid groups (broad SMARTS) is 1. The van der Waals surface area contributed by atoms with Crippen molar-refractivity contribution < 1.29 is 24.2 Å². The van der Waals surface area contributed by atoms with E-state index in [9.17, 15) is 14.4 Å². The predicted molar refractivity (Wildman–Crippen MR) is 132 cm³/mol. The van der Waals surface area contributed by atoms with Crippen molar-refractivity contribution in [2.45, 2.75) is 38.8 Å². The lowest BCUT2D eigenvalue weighted by Crippen LogP contribution is -2.42. The van der Waals surface area contributed by atoms with Crippen LogP contribution in [-0.2, 0) is 16.1 Å². The van der Waals surface area contributed by atoms with E-state index in [-0.39, 0.29) is 30.8 Å². The second kappa shape index (κ2) is 10.7. The number of nitrogens with zero attached hydrogens (tertiary/aromatic N) is 2. The van der Waals surface area contributed by atoms with Crippen molar-refractivity contribution in [3.63, 3.8) is 0 Å². The molecule has 0 saturated heterocycles. The third-order valence-electron chi connectivity index (χ3n) is 6.19. The van der Waals surface area contributed by atoms with Crippen molar-refractivity contribution in [2.75, 3.05) is 13.2 Å². The van der Waals surface area contributed by atoms with Gasteiger partial charge in [0.25, 0.3) is 5.91 Å². The summed E-state index contributed by atoms with van der Waals surface area (Å²) in [6, 6.07) is 16.0. The Morgan fingerprint density at radius 2 is 1.74 bits per heavy atom. The van der Waals surface area contributed by atoms with Crippen molar-refractivity contribution >= 4 is 29.3 Å². The number of fused-ring (bicyclic) bond motifs is 3. The normalized spacial score (nSPS) is 13.0. The number of benzene rings is 2. The Morgan fingerprint density at radius 3 is 2.34 bits per heavy atom. The molecular formula is C26H27N3O5S. The Balaban J connectivity index is 1.34. The van der Waals surface area contributed by atoms with E-state index in [1.54, 1.807) is 12.3 Å². The van der Waals surface area contributed by atoms with Crippen LogP contribution < -0.4 is 5.32 Å². The number of amides is 2. The highest BCUT2D eigenvalue weighted by atomic mass is 32.1. The summed E-state index contributed by atoms with van der Waals surface area (Å²) in [7, 11) is 0. The highest BCUT2D eigenvalue weighted by molar-refractivity contribution is 7.09. The molecule has 1 aliphatic rings. The molecule has 2 N–H and O–H groups in total. The van der Waals surface area contributed by atoms with E-state index in [4.69, 9.17) is 9.84 Å². The van der Waals surface area contributed by atoms with E-state index in [0.717, 1.165) is 22.3 Å². The van der Waals surface area contributed by atoms with Gasteiger partial charge in [-0.1, -0.05) is 55.5 Å². The smallest absolute Gasteiger partial charge is 0.407 e. The molecule has 0 aliphatic heterocycles. The average molecular weight is 494 g/mol. The van der Waals surface area contributed by atoms with E-state index >= 15 is 0 Å². The van der Waals surface area contributed by atoms with Gasteiger partial charge in [0.05, 0.1) is 6.54 Å². The first-order valence-corrected chi connectivity index (χ1v) is 12.3. The van der Waals surface area contributed by atoms with Crippen molar-refractivity contribution in [1.29, 1.82) is 0 Å². The van der Waals surface area contributed by atoms with Crippen molar-refractivity contribution in [3.05, 3.63) is 75.7 Å². The van der Waals surface area contributed by atoms with Crippen LogP contribution in [0.25, 0.3) is 11.1 Å². The number of ether oxygens (including phenoxy) is 1. The summed E-state index contributed by atoms with van der Waals surface area (Å²) in [5, 5.41) is 13.9. The molecular weight excluding hydrogens is 466 g/mol. The molecule has 0 spiro atoms. The Labute approximate surface area is 207 Å². The quantitative estimate of drug-likeness (QED) is 0.454. The van der Waals surface area contributed by atoms with Crippen LogP contribution in [0, 0.1) is 0 Å². The van der Waals surface area contributed by atoms with Gasteiger partial charge in [0.1, 0.15) is 23.9 Å². The minimum absolute atomic E-state index is 0.0296. The van der Waals surface area contributed by atoms with E-state index in [0.29, 0.717) is 11.4 Å². The lowest BCUT2D eigenvalue weighted by molar-refractivity contribution is -0.138. The first-order chi connectivity index (χ1) is 16.9. The maximum atomic E-state index is 12.8. The minimum atomic E-state index is -1.08. The van der Waals surface area contributed by atoms with Gasteiger partial charge < -0.3 is 20.1 Å². The molecule has 1 unspecified atom stereocenters. The van der Waals surface area contributed by atoms with Crippen molar-refractivity contribution in [3.8, 4) is 11.1 Å². The fourth-order valence-electron chi connectivity index (χ4n) is 4.23. The Kier molecular flexibility index (Phi) is 7.45. The second-order valence-corrected chi connectivity index (χ2v) is 9.33. The zero-order valence-electron chi connectivity index (χ0n) is 19.6. The Bertz CT molecular complexity index is 1200. The zero-order chi connectivity index (χ0) is 24.9. The molecule has 8 nitrogen and oxygen atoms in total. The molecule has 1 aliphatic carbocycles. The standard InChI is InChI=1S/C26H27N3O5S/c1-3-16(2)29(13-24(30)31)25(32)22-15-35-23(28-22)12-27-26(33)34-14-21-19-10-6-4-8-17(19)18-9-5-7-11-20(18)21/h4-11,15-16,21H,3,12-14H2,1-2H3,(H,27,33)(H,30,31). The van der Waals surface area contributed by atoms with Crippen molar-refractivity contribution in [2.24, 2.45) is 0 Å². The number of aromatic nitrogens is 1. The van der Waals surface area contributed by atoms with Crippen LogP contribution in [0.15, 0.2) is 53.9 Å². The molecule has 4 rings (SSSR count). The van der Waals surface area contributed by atoms with Crippen LogP contribution in [-0.4, -0.2) is 52.2 Å². The molecule has 0 fully saturated rings. The fraction of sp³-hybridized carbons (Fsp3) is 0.308. The molecule has 2 amide bonds. The van der Waals surface area contributed by atoms with E-state index in [1.807, 2.05) is 31.2 Å². The van der Waals surface area contributed by atoms with Gasteiger partial charge in [-0.3, -0.25) is 9.59 Å². The highest BCUT2D eigenvalue weighted by Crippen LogP contribution is 2.44. The Morgan fingerprint density at radius 1 is 1.11 bits per heavy atom. The van der Waals surface area contributed by atoms with Gasteiger partial charge in [0.2, 0.25) is 0 Å². The average Bonchev–Trinajstić information content (AvgIpc) is 3.47.